The van der Waals surface area contributed by atoms with Crippen LogP contribution in [-0.4, -0.2) is 34.8 Å². The van der Waals surface area contributed by atoms with Gasteiger partial charge in [-0.1, -0.05) is 30.3 Å². The molecular weight excluding hydrogens is 292 g/mol. The number of H-pyrrole nitrogens is 1. The third-order valence-electron chi connectivity index (χ3n) is 4.04. The van der Waals surface area contributed by atoms with Gasteiger partial charge in [-0.3, -0.25) is 4.79 Å². The molecule has 1 fully saturated rings. The smallest absolute Gasteiger partial charge is 0.355 e. The molecule has 0 bridgehead atoms. The van der Waals surface area contributed by atoms with Gasteiger partial charge in [0.2, 0.25) is 6.10 Å². The Morgan fingerprint density at radius 2 is 1.74 bits per heavy atom. The van der Waals surface area contributed by atoms with E-state index in [2.05, 4.69) is 4.98 Å². The van der Waals surface area contributed by atoms with Crippen LogP contribution in [0.3, 0.4) is 0 Å². The molecule has 2 aromatic rings. The van der Waals surface area contributed by atoms with E-state index in [1.165, 1.54) is 0 Å². The van der Waals surface area contributed by atoms with E-state index in [9.17, 15) is 9.59 Å². The van der Waals surface area contributed by atoms with Crippen molar-refractivity contribution in [3.63, 3.8) is 0 Å². The molecule has 0 radical (unpaired) electrons. The van der Waals surface area contributed by atoms with Gasteiger partial charge in [0.25, 0.3) is 5.91 Å². The van der Waals surface area contributed by atoms with Gasteiger partial charge < -0.3 is 14.6 Å². The fourth-order valence-corrected chi connectivity index (χ4v) is 2.80. The van der Waals surface area contributed by atoms with Crippen molar-refractivity contribution < 1.29 is 14.3 Å². The zero-order valence-corrected chi connectivity index (χ0v) is 12.9. The fraction of sp³-hybridized carbons (Fsp3) is 0.333. The van der Waals surface area contributed by atoms with Crippen LogP contribution in [0.5, 0.6) is 0 Å². The lowest BCUT2D eigenvalue weighted by Gasteiger charge is -2.30. The Morgan fingerprint density at radius 1 is 1.00 bits per heavy atom. The van der Waals surface area contributed by atoms with Crippen LogP contribution in [0.25, 0.3) is 0 Å². The number of esters is 1. The maximum Gasteiger partial charge on any atom is 0.355 e. The third kappa shape index (κ3) is 3.62. The predicted molar refractivity (Wildman–Crippen MR) is 85.8 cm³/mol. The van der Waals surface area contributed by atoms with Gasteiger partial charge in [0, 0.05) is 24.8 Å². The van der Waals surface area contributed by atoms with Gasteiger partial charge in [0.15, 0.2) is 0 Å². The van der Waals surface area contributed by atoms with Gasteiger partial charge in [-0.25, -0.2) is 4.79 Å². The molecule has 120 valence electrons. The number of ether oxygens (including phenoxy) is 1. The predicted octanol–water partition coefficient (Wildman–Crippen LogP) is 2.93. The highest BCUT2D eigenvalue weighted by atomic mass is 16.5. The lowest BCUT2D eigenvalue weighted by Crippen LogP contribution is -2.40. The van der Waals surface area contributed by atoms with Gasteiger partial charge in [-0.05, 0) is 31.4 Å². The van der Waals surface area contributed by atoms with Crippen LogP contribution in [0.1, 0.15) is 41.4 Å². The molecule has 0 spiro atoms. The first-order chi connectivity index (χ1) is 11.3. The van der Waals surface area contributed by atoms with Crippen LogP contribution in [0, 0.1) is 0 Å². The Kier molecular flexibility index (Phi) is 4.76. The van der Waals surface area contributed by atoms with E-state index < -0.39 is 12.1 Å². The van der Waals surface area contributed by atoms with Gasteiger partial charge in [0.1, 0.15) is 5.69 Å². The van der Waals surface area contributed by atoms with Crippen LogP contribution in [0.15, 0.2) is 48.7 Å². The number of hydrogen-bond donors (Lipinski definition) is 1. The zero-order chi connectivity index (χ0) is 16.1. The van der Waals surface area contributed by atoms with E-state index in [-0.39, 0.29) is 5.91 Å². The summed E-state index contributed by atoms with van der Waals surface area (Å²) in [7, 11) is 0. The standard InChI is InChI=1S/C18H20N2O3/c21-17(20-12-5-2-6-13-20)16(14-8-3-1-4-9-14)23-18(22)15-10-7-11-19-15/h1,3-4,7-11,16,19H,2,5-6,12-13H2/t16-/m0/s1. The van der Waals surface area contributed by atoms with Crippen molar-refractivity contribution in [2.45, 2.75) is 25.4 Å². The highest BCUT2D eigenvalue weighted by molar-refractivity contribution is 5.91. The van der Waals surface area contributed by atoms with E-state index in [1.807, 2.05) is 30.3 Å². The number of carbonyl (C=O) groups is 2. The molecule has 0 saturated carbocycles. The normalized spacial score (nSPS) is 15.9. The number of aromatic nitrogens is 1. The molecule has 2 heterocycles. The lowest BCUT2D eigenvalue weighted by atomic mass is 10.1. The van der Waals surface area contributed by atoms with Gasteiger partial charge in [-0.15, -0.1) is 0 Å². The number of carbonyl (C=O) groups excluding carboxylic acids is 2. The summed E-state index contributed by atoms with van der Waals surface area (Å²) in [4.78, 5) is 29.7. The molecule has 5 nitrogen and oxygen atoms in total. The summed E-state index contributed by atoms with van der Waals surface area (Å²) in [5.41, 5.74) is 1.04. The summed E-state index contributed by atoms with van der Waals surface area (Å²) in [6.07, 6.45) is 3.89. The summed E-state index contributed by atoms with van der Waals surface area (Å²) in [5.74, 6) is -0.662. The van der Waals surface area contributed by atoms with Crippen molar-refractivity contribution in [1.29, 1.82) is 0 Å². The SMILES string of the molecule is O=C(O[C@H](C(=O)N1CCCCC1)c1ccccc1)c1ccc[nH]1. The number of rotatable bonds is 4. The van der Waals surface area contributed by atoms with Crippen molar-refractivity contribution >= 4 is 11.9 Å². The molecule has 1 aliphatic heterocycles. The highest BCUT2D eigenvalue weighted by Crippen LogP contribution is 2.23. The van der Waals surface area contributed by atoms with Crippen LogP contribution >= 0.6 is 0 Å². The maximum atomic E-state index is 12.8. The molecule has 5 heteroatoms. The Balaban J connectivity index is 1.81. The number of benzene rings is 1. The minimum absolute atomic E-state index is 0.143. The summed E-state index contributed by atoms with van der Waals surface area (Å²) < 4.78 is 5.53. The fourth-order valence-electron chi connectivity index (χ4n) is 2.80. The summed E-state index contributed by atoms with van der Waals surface area (Å²) in [6.45, 7) is 1.45. The number of hydrogen-bond acceptors (Lipinski definition) is 3. The highest BCUT2D eigenvalue weighted by Gasteiger charge is 2.30. The third-order valence-corrected chi connectivity index (χ3v) is 4.04. The van der Waals surface area contributed by atoms with Gasteiger partial charge >= 0.3 is 5.97 Å². The maximum absolute atomic E-state index is 12.8. The second kappa shape index (κ2) is 7.13. The first kappa shape index (κ1) is 15.3. The Morgan fingerprint density at radius 3 is 2.39 bits per heavy atom. The largest absolute Gasteiger partial charge is 0.443 e. The van der Waals surface area contributed by atoms with Crippen molar-refractivity contribution in [1.82, 2.24) is 9.88 Å². The minimum Gasteiger partial charge on any atom is -0.443 e. The number of aromatic amines is 1. The Labute approximate surface area is 135 Å². The van der Waals surface area contributed by atoms with Crippen LogP contribution < -0.4 is 0 Å². The molecule has 3 rings (SSSR count). The quantitative estimate of drug-likeness (QED) is 0.883. The molecule has 1 saturated heterocycles. The van der Waals surface area contributed by atoms with E-state index in [4.69, 9.17) is 4.74 Å². The topological polar surface area (TPSA) is 62.4 Å². The van der Waals surface area contributed by atoms with Crippen molar-refractivity contribution in [3.05, 3.63) is 59.9 Å². The molecule has 1 aromatic carbocycles. The number of amides is 1. The average Bonchev–Trinajstić information content (AvgIpc) is 3.15. The molecule has 1 N–H and O–H groups in total. The summed E-state index contributed by atoms with van der Waals surface area (Å²) in [5, 5.41) is 0. The first-order valence-corrected chi connectivity index (χ1v) is 7.94. The number of piperidine rings is 1. The molecule has 1 aromatic heterocycles. The van der Waals surface area contributed by atoms with E-state index in [1.54, 1.807) is 23.2 Å². The molecule has 1 atom stereocenters. The van der Waals surface area contributed by atoms with Crippen LogP contribution in [0.4, 0.5) is 0 Å². The second-order valence-electron chi connectivity index (χ2n) is 5.67. The van der Waals surface area contributed by atoms with Crippen LogP contribution in [-0.2, 0) is 9.53 Å². The number of nitrogens with one attached hydrogen (secondary N) is 1. The molecule has 0 aliphatic carbocycles. The molecule has 23 heavy (non-hydrogen) atoms. The molecule has 1 aliphatic rings. The minimum atomic E-state index is -0.898. The number of likely N-dealkylation sites (tertiary alicyclic amines) is 1. The number of nitrogens with zero attached hydrogens (tertiary/aromatic N) is 1. The lowest BCUT2D eigenvalue weighted by molar-refractivity contribution is -0.142. The van der Waals surface area contributed by atoms with E-state index in [0.717, 1.165) is 32.4 Å². The monoisotopic (exact) mass is 312 g/mol. The average molecular weight is 312 g/mol. The first-order valence-electron chi connectivity index (χ1n) is 7.94. The Hall–Kier alpha value is -2.56. The summed E-state index contributed by atoms with van der Waals surface area (Å²) in [6, 6.07) is 12.5. The molecule has 1 amide bonds. The van der Waals surface area contributed by atoms with Gasteiger partial charge in [-0.2, -0.15) is 0 Å². The second-order valence-corrected chi connectivity index (χ2v) is 5.67. The van der Waals surface area contributed by atoms with Crippen molar-refractivity contribution in [2.75, 3.05) is 13.1 Å². The molecule has 0 unspecified atom stereocenters. The molecular formula is C18H20N2O3. The zero-order valence-electron chi connectivity index (χ0n) is 12.9. The summed E-state index contributed by atoms with van der Waals surface area (Å²) >= 11 is 0. The van der Waals surface area contributed by atoms with Crippen molar-refractivity contribution in [2.24, 2.45) is 0 Å². The van der Waals surface area contributed by atoms with E-state index >= 15 is 0 Å². The Bertz CT molecular complexity index is 646. The van der Waals surface area contributed by atoms with Crippen LogP contribution in [0.2, 0.25) is 0 Å². The van der Waals surface area contributed by atoms with Gasteiger partial charge in [0.05, 0.1) is 0 Å². The van der Waals surface area contributed by atoms with Crippen molar-refractivity contribution in [3.8, 4) is 0 Å². The van der Waals surface area contributed by atoms with E-state index in [0.29, 0.717) is 11.3 Å².